The molecule has 1 rings (SSSR count). The summed E-state index contributed by atoms with van der Waals surface area (Å²) >= 11 is 0. The number of benzene rings is 1. The van der Waals surface area contributed by atoms with E-state index in [0.717, 1.165) is 0 Å². The number of methoxy groups -OCH3 is 2. The van der Waals surface area contributed by atoms with Crippen LogP contribution in [0.4, 0.5) is 0 Å². The highest BCUT2D eigenvalue weighted by molar-refractivity contribution is 5.84. The summed E-state index contributed by atoms with van der Waals surface area (Å²) in [7, 11) is 2.66. The lowest BCUT2D eigenvalue weighted by Crippen LogP contribution is -2.48. The van der Waals surface area contributed by atoms with Crippen molar-refractivity contribution in [2.45, 2.75) is 31.9 Å². The number of amides is 1. The first kappa shape index (κ1) is 20.3. The van der Waals surface area contributed by atoms with Crippen LogP contribution in [0, 0.1) is 11.3 Å². The molecule has 0 spiro atoms. The van der Waals surface area contributed by atoms with E-state index in [4.69, 9.17) is 14.7 Å². The van der Waals surface area contributed by atoms with Crippen LogP contribution in [-0.2, 0) is 14.3 Å². The van der Waals surface area contributed by atoms with Crippen molar-refractivity contribution in [3.05, 3.63) is 23.8 Å². The summed E-state index contributed by atoms with van der Waals surface area (Å²) in [6, 6.07) is 5.70. The molecule has 2 atom stereocenters. The topological polar surface area (TPSA) is 118 Å². The number of nitriles is 1. The van der Waals surface area contributed by atoms with Gasteiger partial charge in [-0.3, -0.25) is 4.79 Å². The molecule has 0 radical (unpaired) electrons. The Kier molecular flexibility index (Phi) is 8.23. The van der Waals surface area contributed by atoms with Gasteiger partial charge >= 0.3 is 5.97 Å². The quantitative estimate of drug-likeness (QED) is 0.499. The van der Waals surface area contributed by atoms with Gasteiger partial charge in [-0.25, -0.2) is 4.79 Å². The number of rotatable bonds is 9. The first-order chi connectivity index (χ1) is 11.9. The molecule has 1 aromatic rings. The van der Waals surface area contributed by atoms with E-state index >= 15 is 0 Å². The molecule has 0 aliphatic rings. The Morgan fingerprint density at radius 3 is 2.60 bits per heavy atom. The smallest absolute Gasteiger partial charge is 0.331 e. The fraction of sp³-hybridized carbons (Fsp3) is 0.471. The van der Waals surface area contributed by atoms with Crippen molar-refractivity contribution in [3.63, 3.8) is 0 Å². The SMILES string of the molecule is COC(=O)[C@H](NC(=O)CCCOc1ccc(C#N)cc1OC)[C@H](C)O. The van der Waals surface area contributed by atoms with Crippen LogP contribution in [0.25, 0.3) is 0 Å². The fourth-order valence-corrected chi connectivity index (χ4v) is 2.02. The molecule has 0 aromatic heterocycles. The van der Waals surface area contributed by atoms with Crippen LogP contribution >= 0.6 is 0 Å². The molecular weight excluding hydrogens is 328 g/mol. The molecule has 0 fully saturated rings. The second kappa shape index (κ2) is 10.2. The van der Waals surface area contributed by atoms with Crippen molar-refractivity contribution in [3.8, 4) is 17.6 Å². The Balaban J connectivity index is 2.46. The van der Waals surface area contributed by atoms with Gasteiger partial charge in [0.2, 0.25) is 5.91 Å². The number of hydrogen-bond acceptors (Lipinski definition) is 7. The minimum Gasteiger partial charge on any atom is -0.493 e. The third kappa shape index (κ3) is 6.31. The Bertz CT molecular complexity index is 639. The molecule has 0 aliphatic carbocycles. The maximum absolute atomic E-state index is 11.8. The first-order valence-corrected chi connectivity index (χ1v) is 7.69. The van der Waals surface area contributed by atoms with Crippen LogP contribution in [0.3, 0.4) is 0 Å². The Morgan fingerprint density at radius 1 is 1.32 bits per heavy atom. The van der Waals surface area contributed by atoms with Gasteiger partial charge in [0.1, 0.15) is 0 Å². The standard InChI is InChI=1S/C17H22N2O6/c1-11(20)16(17(22)24-3)19-15(21)5-4-8-25-13-7-6-12(10-18)9-14(13)23-2/h6-7,9,11,16,20H,4-5,8H2,1-3H3,(H,19,21)/t11-,16+/m0/s1. The normalized spacial score (nSPS) is 12.4. The molecule has 8 heteroatoms. The number of carbonyl (C=O) groups is 2. The molecule has 1 aromatic carbocycles. The van der Waals surface area contributed by atoms with Crippen molar-refractivity contribution >= 4 is 11.9 Å². The van der Waals surface area contributed by atoms with E-state index in [1.807, 2.05) is 6.07 Å². The highest BCUT2D eigenvalue weighted by Crippen LogP contribution is 2.27. The average molecular weight is 350 g/mol. The molecule has 2 N–H and O–H groups in total. The molecule has 0 heterocycles. The maximum atomic E-state index is 11.8. The third-order valence-corrected chi connectivity index (χ3v) is 3.35. The largest absolute Gasteiger partial charge is 0.493 e. The van der Waals surface area contributed by atoms with Gasteiger partial charge in [0.05, 0.1) is 38.6 Å². The second-order valence-corrected chi connectivity index (χ2v) is 5.24. The third-order valence-electron chi connectivity index (χ3n) is 3.35. The van der Waals surface area contributed by atoms with Gasteiger partial charge in [-0.2, -0.15) is 5.26 Å². The number of ether oxygens (including phenoxy) is 3. The average Bonchev–Trinajstić information content (AvgIpc) is 2.62. The summed E-state index contributed by atoms with van der Waals surface area (Å²) in [6.45, 7) is 1.63. The Hall–Kier alpha value is -2.79. The van der Waals surface area contributed by atoms with Gasteiger partial charge in [0.15, 0.2) is 17.5 Å². The number of carbonyl (C=O) groups excluding carboxylic acids is 2. The molecule has 25 heavy (non-hydrogen) atoms. The molecule has 0 saturated heterocycles. The fourth-order valence-electron chi connectivity index (χ4n) is 2.02. The molecule has 0 bridgehead atoms. The van der Waals surface area contributed by atoms with Gasteiger partial charge in [-0.05, 0) is 25.5 Å². The van der Waals surface area contributed by atoms with Gasteiger partial charge in [0, 0.05) is 12.5 Å². The highest BCUT2D eigenvalue weighted by Gasteiger charge is 2.26. The number of nitrogens with one attached hydrogen (secondary N) is 1. The minimum absolute atomic E-state index is 0.110. The van der Waals surface area contributed by atoms with Crippen molar-refractivity contribution < 1.29 is 28.9 Å². The van der Waals surface area contributed by atoms with Crippen LogP contribution in [0.1, 0.15) is 25.3 Å². The predicted molar refractivity (Wildman–Crippen MR) is 88.1 cm³/mol. The summed E-state index contributed by atoms with van der Waals surface area (Å²) in [5, 5.41) is 20.8. The molecule has 136 valence electrons. The summed E-state index contributed by atoms with van der Waals surface area (Å²) in [5.74, 6) is -0.199. The monoisotopic (exact) mass is 350 g/mol. The number of nitrogens with zero attached hydrogens (tertiary/aromatic N) is 1. The Labute approximate surface area is 146 Å². The zero-order chi connectivity index (χ0) is 18.8. The van der Waals surface area contributed by atoms with E-state index in [9.17, 15) is 14.7 Å². The lowest BCUT2D eigenvalue weighted by Gasteiger charge is -2.18. The summed E-state index contributed by atoms with van der Waals surface area (Å²) in [6.07, 6.45) is -0.558. The lowest BCUT2D eigenvalue weighted by atomic mass is 10.1. The van der Waals surface area contributed by atoms with Gasteiger partial charge in [-0.1, -0.05) is 0 Å². The lowest BCUT2D eigenvalue weighted by molar-refractivity contribution is -0.148. The predicted octanol–water partition coefficient (Wildman–Crippen LogP) is 0.764. The van der Waals surface area contributed by atoms with Gasteiger partial charge in [0.25, 0.3) is 0 Å². The van der Waals surface area contributed by atoms with E-state index in [0.29, 0.717) is 23.5 Å². The van der Waals surface area contributed by atoms with Crippen LogP contribution in [0.5, 0.6) is 11.5 Å². The van der Waals surface area contributed by atoms with Crippen molar-refractivity contribution in [1.29, 1.82) is 5.26 Å². The zero-order valence-corrected chi connectivity index (χ0v) is 14.4. The first-order valence-electron chi connectivity index (χ1n) is 7.69. The van der Waals surface area contributed by atoms with Gasteiger partial charge < -0.3 is 24.6 Å². The van der Waals surface area contributed by atoms with E-state index < -0.39 is 24.0 Å². The van der Waals surface area contributed by atoms with Gasteiger partial charge in [-0.15, -0.1) is 0 Å². The molecule has 0 saturated carbocycles. The van der Waals surface area contributed by atoms with Crippen LogP contribution in [0.2, 0.25) is 0 Å². The molecule has 8 nitrogen and oxygen atoms in total. The zero-order valence-electron chi connectivity index (χ0n) is 14.4. The van der Waals surface area contributed by atoms with Crippen molar-refractivity contribution in [2.24, 2.45) is 0 Å². The summed E-state index contributed by atoms with van der Waals surface area (Å²) in [5.41, 5.74) is 0.454. The number of esters is 1. The molecular formula is C17H22N2O6. The second-order valence-electron chi connectivity index (χ2n) is 5.24. The highest BCUT2D eigenvalue weighted by atomic mass is 16.5. The minimum atomic E-state index is -1.10. The van der Waals surface area contributed by atoms with Crippen LogP contribution in [-0.4, -0.2) is 50.0 Å². The van der Waals surface area contributed by atoms with E-state index in [1.165, 1.54) is 21.1 Å². The van der Waals surface area contributed by atoms with Crippen molar-refractivity contribution in [2.75, 3.05) is 20.8 Å². The number of aliphatic hydroxyl groups is 1. The molecule has 0 aliphatic heterocycles. The number of aliphatic hydroxyl groups excluding tert-OH is 1. The molecule has 1 amide bonds. The van der Waals surface area contributed by atoms with E-state index in [2.05, 4.69) is 10.1 Å². The van der Waals surface area contributed by atoms with Crippen LogP contribution in [0.15, 0.2) is 18.2 Å². The summed E-state index contributed by atoms with van der Waals surface area (Å²) in [4.78, 5) is 23.3. The van der Waals surface area contributed by atoms with Crippen LogP contribution < -0.4 is 14.8 Å². The Morgan fingerprint density at radius 2 is 2.04 bits per heavy atom. The molecule has 0 unspecified atom stereocenters. The van der Waals surface area contributed by atoms with E-state index in [1.54, 1.807) is 18.2 Å². The van der Waals surface area contributed by atoms with E-state index in [-0.39, 0.29) is 13.0 Å². The van der Waals surface area contributed by atoms with Crippen molar-refractivity contribution in [1.82, 2.24) is 5.32 Å². The number of hydrogen-bond donors (Lipinski definition) is 2. The summed E-state index contributed by atoms with van der Waals surface area (Å²) < 4.78 is 15.2. The maximum Gasteiger partial charge on any atom is 0.331 e.